The van der Waals surface area contributed by atoms with E-state index in [1.807, 2.05) is 6.20 Å². The van der Waals surface area contributed by atoms with E-state index < -0.39 is 0 Å². The van der Waals surface area contributed by atoms with Crippen LogP contribution in [0.3, 0.4) is 0 Å². The molecule has 0 saturated carbocycles. The molecule has 1 aromatic heterocycles. The molecule has 2 N–H and O–H groups in total. The number of rotatable bonds is 8. The first-order valence-electron chi connectivity index (χ1n) is 7.16. The van der Waals surface area contributed by atoms with E-state index >= 15 is 0 Å². The van der Waals surface area contributed by atoms with E-state index in [1.165, 1.54) is 24.8 Å². The van der Waals surface area contributed by atoms with Crippen LogP contribution in [0.4, 0.5) is 0 Å². The van der Waals surface area contributed by atoms with Gasteiger partial charge in [-0.25, -0.2) is 4.98 Å². The lowest BCUT2D eigenvalue weighted by Gasteiger charge is -2.18. The summed E-state index contributed by atoms with van der Waals surface area (Å²) < 4.78 is 0. The highest BCUT2D eigenvalue weighted by atomic mass is 14.9. The van der Waals surface area contributed by atoms with Crippen LogP contribution in [-0.4, -0.2) is 16.5 Å². The second-order valence-electron chi connectivity index (χ2n) is 4.85. The highest BCUT2D eigenvalue weighted by Gasteiger charge is 2.09. The van der Waals surface area contributed by atoms with E-state index in [0.717, 1.165) is 18.8 Å². The van der Waals surface area contributed by atoms with Gasteiger partial charge in [0.25, 0.3) is 0 Å². The predicted octanol–water partition coefficient (Wildman–Crippen LogP) is 3.47. The molecule has 1 heterocycles. The molecule has 0 aliphatic heterocycles. The molecule has 3 nitrogen and oxygen atoms in total. The first-order valence-corrected chi connectivity index (χ1v) is 7.16. The van der Waals surface area contributed by atoms with Gasteiger partial charge >= 0.3 is 0 Å². The van der Waals surface area contributed by atoms with Gasteiger partial charge < -0.3 is 10.3 Å². The summed E-state index contributed by atoms with van der Waals surface area (Å²) in [5, 5.41) is 3.65. The molecule has 2 aromatic rings. The van der Waals surface area contributed by atoms with Crippen molar-refractivity contribution in [1.29, 1.82) is 0 Å². The van der Waals surface area contributed by atoms with Gasteiger partial charge in [-0.1, -0.05) is 50.1 Å². The second-order valence-corrected chi connectivity index (χ2v) is 4.85. The van der Waals surface area contributed by atoms with Gasteiger partial charge in [0.2, 0.25) is 0 Å². The third-order valence-corrected chi connectivity index (χ3v) is 3.36. The Morgan fingerprint density at radius 3 is 2.79 bits per heavy atom. The van der Waals surface area contributed by atoms with Crippen LogP contribution in [0, 0.1) is 0 Å². The standard InChI is InChI=1S/C16H23N3/c1-2-3-9-15(14-7-5-4-6-8-14)17-11-10-16-18-12-13-19-16/h4-8,12-13,15,17H,2-3,9-11H2,1H3,(H,18,19). The number of H-pyrrole nitrogens is 1. The lowest BCUT2D eigenvalue weighted by Crippen LogP contribution is -2.24. The van der Waals surface area contributed by atoms with E-state index in [4.69, 9.17) is 0 Å². The molecule has 0 bridgehead atoms. The summed E-state index contributed by atoms with van der Waals surface area (Å²) in [5.74, 6) is 1.05. The van der Waals surface area contributed by atoms with Gasteiger partial charge in [0.05, 0.1) is 0 Å². The molecule has 0 saturated heterocycles. The monoisotopic (exact) mass is 257 g/mol. The van der Waals surface area contributed by atoms with Crippen molar-refractivity contribution in [3.63, 3.8) is 0 Å². The number of imidazole rings is 1. The smallest absolute Gasteiger partial charge is 0.107 e. The average Bonchev–Trinajstić information content (AvgIpc) is 2.97. The summed E-state index contributed by atoms with van der Waals surface area (Å²) in [7, 11) is 0. The van der Waals surface area contributed by atoms with E-state index in [1.54, 1.807) is 6.20 Å². The molecule has 0 aliphatic carbocycles. The summed E-state index contributed by atoms with van der Waals surface area (Å²) >= 11 is 0. The zero-order valence-corrected chi connectivity index (χ0v) is 11.6. The molecule has 0 fully saturated rings. The van der Waals surface area contributed by atoms with Crippen molar-refractivity contribution in [2.45, 2.75) is 38.6 Å². The molecule has 1 atom stereocenters. The van der Waals surface area contributed by atoms with E-state index in [0.29, 0.717) is 6.04 Å². The maximum absolute atomic E-state index is 4.25. The number of hydrogen-bond donors (Lipinski definition) is 2. The summed E-state index contributed by atoms with van der Waals surface area (Å²) in [5.41, 5.74) is 1.38. The average molecular weight is 257 g/mol. The maximum atomic E-state index is 4.25. The Morgan fingerprint density at radius 2 is 2.11 bits per heavy atom. The summed E-state index contributed by atoms with van der Waals surface area (Å²) in [6.45, 7) is 3.20. The minimum atomic E-state index is 0.455. The molecule has 3 heteroatoms. The second kappa shape index (κ2) is 7.74. The molecule has 0 amide bonds. The van der Waals surface area contributed by atoms with Crippen molar-refractivity contribution in [1.82, 2.24) is 15.3 Å². The number of aromatic amines is 1. The van der Waals surface area contributed by atoms with E-state index in [2.05, 4.69) is 52.5 Å². The van der Waals surface area contributed by atoms with Gasteiger partial charge in [0, 0.05) is 31.4 Å². The van der Waals surface area contributed by atoms with Gasteiger partial charge in [-0.05, 0) is 12.0 Å². The Hall–Kier alpha value is -1.61. The van der Waals surface area contributed by atoms with E-state index in [-0.39, 0.29) is 0 Å². The quantitative estimate of drug-likeness (QED) is 0.760. The maximum Gasteiger partial charge on any atom is 0.107 e. The van der Waals surface area contributed by atoms with Gasteiger partial charge in [-0.2, -0.15) is 0 Å². The van der Waals surface area contributed by atoms with E-state index in [9.17, 15) is 0 Å². The van der Waals surface area contributed by atoms with Crippen LogP contribution in [0.1, 0.15) is 43.6 Å². The number of nitrogens with zero attached hydrogens (tertiary/aromatic N) is 1. The van der Waals surface area contributed by atoms with Gasteiger partial charge in [0.1, 0.15) is 5.82 Å². The van der Waals surface area contributed by atoms with Crippen LogP contribution < -0.4 is 5.32 Å². The third-order valence-electron chi connectivity index (χ3n) is 3.36. The number of nitrogens with one attached hydrogen (secondary N) is 2. The van der Waals surface area contributed by atoms with Crippen molar-refractivity contribution in [3.05, 3.63) is 54.1 Å². The zero-order chi connectivity index (χ0) is 13.3. The largest absolute Gasteiger partial charge is 0.349 e. The number of unbranched alkanes of at least 4 members (excludes halogenated alkanes) is 1. The molecule has 1 unspecified atom stereocenters. The van der Waals surface area contributed by atoms with Gasteiger partial charge in [-0.15, -0.1) is 0 Å². The SMILES string of the molecule is CCCCC(NCCc1ncc[nH]1)c1ccccc1. The molecule has 0 aliphatic rings. The molecule has 1 aromatic carbocycles. The normalized spacial score (nSPS) is 12.5. The minimum Gasteiger partial charge on any atom is -0.349 e. The molecule has 102 valence electrons. The molecular formula is C16H23N3. The van der Waals surface area contributed by atoms with Crippen LogP contribution in [0.15, 0.2) is 42.7 Å². The lowest BCUT2D eigenvalue weighted by atomic mass is 10.0. The van der Waals surface area contributed by atoms with Crippen LogP contribution >= 0.6 is 0 Å². The van der Waals surface area contributed by atoms with Crippen molar-refractivity contribution in [3.8, 4) is 0 Å². The Bertz CT molecular complexity index is 436. The van der Waals surface area contributed by atoms with Crippen molar-refractivity contribution in [2.24, 2.45) is 0 Å². The summed E-state index contributed by atoms with van der Waals surface area (Å²) in [4.78, 5) is 7.40. The molecular weight excluding hydrogens is 234 g/mol. The molecule has 0 radical (unpaired) electrons. The lowest BCUT2D eigenvalue weighted by molar-refractivity contribution is 0.482. The fourth-order valence-electron chi connectivity index (χ4n) is 2.28. The zero-order valence-electron chi connectivity index (χ0n) is 11.6. The Labute approximate surface area is 115 Å². The minimum absolute atomic E-state index is 0.455. The number of aromatic nitrogens is 2. The topological polar surface area (TPSA) is 40.7 Å². The first-order chi connectivity index (χ1) is 9.40. The highest BCUT2D eigenvalue weighted by molar-refractivity contribution is 5.18. The Morgan fingerprint density at radius 1 is 1.26 bits per heavy atom. The first kappa shape index (κ1) is 13.8. The molecule has 0 spiro atoms. The fourth-order valence-corrected chi connectivity index (χ4v) is 2.28. The van der Waals surface area contributed by atoms with Crippen molar-refractivity contribution < 1.29 is 0 Å². The molecule has 2 rings (SSSR count). The third kappa shape index (κ3) is 4.52. The van der Waals surface area contributed by atoms with Crippen molar-refractivity contribution in [2.75, 3.05) is 6.54 Å². The van der Waals surface area contributed by atoms with Crippen LogP contribution in [0.25, 0.3) is 0 Å². The Balaban J connectivity index is 1.87. The van der Waals surface area contributed by atoms with Crippen LogP contribution in [0.5, 0.6) is 0 Å². The molecule has 19 heavy (non-hydrogen) atoms. The van der Waals surface area contributed by atoms with Gasteiger partial charge in [0.15, 0.2) is 0 Å². The summed E-state index contributed by atoms with van der Waals surface area (Å²) in [6.07, 6.45) is 8.32. The van der Waals surface area contributed by atoms with Crippen molar-refractivity contribution >= 4 is 0 Å². The number of hydrogen-bond acceptors (Lipinski definition) is 2. The highest BCUT2D eigenvalue weighted by Crippen LogP contribution is 2.18. The van der Waals surface area contributed by atoms with Gasteiger partial charge in [-0.3, -0.25) is 0 Å². The predicted molar refractivity (Wildman–Crippen MR) is 79.0 cm³/mol. The van der Waals surface area contributed by atoms with Crippen LogP contribution in [0.2, 0.25) is 0 Å². The Kier molecular flexibility index (Phi) is 5.63. The summed E-state index contributed by atoms with van der Waals surface area (Å²) in [6, 6.07) is 11.2. The fraction of sp³-hybridized carbons (Fsp3) is 0.438. The number of benzene rings is 1. The van der Waals surface area contributed by atoms with Crippen LogP contribution in [-0.2, 0) is 6.42 Å².